The molecular weight excluding hydrogens is 272 g/mol. The summed E-state index contributed by atoms with van der Waals surface area (Å²) in [5.41, 5.74) is 1.85. The minimum atomic E-state index is -0.187. The van der Waals surface area contributed by atoms with Crippen LogP contribution < -0.4 is 10.1 Å². The van der Waals surface area contributed by atoms with Gasteiger partial charge in [0.15, 0.2) is 5.13 Å². The first-order valence-electron chi connectivity index (χ1n) is 6.31. The molecule has 0 aliphatic heterocycles. The maximum atomic E-state index is 11.7. The minimum absolute atomic E-state index is 0.187. The summed E-state index contributed by atoms with van der Waals surface area (Å²) >= 11 is 1.41. The second kappa shape index (κ2) is 6.86. The van der Waals surface area contributed by atoms with Crippen molar-refractivity contribution in [3.8, 4) is 5.75 Å². The summed E-state index contributed by atoms with van der Waals surface area (Å²) in [5, 5.41) is 5.23. The van der Waals surface area contributed by atoms with Crippen molar-refractivity contribution in [3.05, 3.63) is 47.0 Å². The zero-order valence-corrected chi connectivity index (χ0v) is 12.2. The van der Waals surface area contributed by atoms with E-state index in [9.17, 15) is 4.79 Å². The number of thiazole rings is 1. The Labute approximate surface area is 122 Å². The molecule has 0 spiro atoms. The highest BCUT2D eigenvalue weighted by Gasteiger charge is 2.01. The van der Waals surface area contributed by atoms with Crippen molar-refractivity contribution in [2.75, 3.05) is 11.9 Å². The number of carbonyl (C=O) groups is 1. The predicted octanol–water partition coefficient (Wildman–Crippen LogP) is 3.50. The van der Waals surface area contributed by atoms with E-state index in [1.54, 1.807) is 6.08 Å². The molecular formula is C15H16N2O2S. The van der Waals surface area contributed by atoms with E-state index < -0.39 is 0 Å². The number of benzene rings is 1. The lowest BCUT2D eigenvalue weighted by atomic mass is 10.2. The normalized spacial score (nSPS) is 10.7. The lowest BCUT2D eigenvalue weighted by Gasteiger charge is -2.02. The van der Waals surface area contributed by atoms with Gasteiger partial charge in [-0.15, -0.1) is 11.3 Å². The van der Waals surface area contributed by atoms with Crippen molar-refractivity contribution < 1.29 is 9.53 Å². The molecule has 4 nitrogen and oxygen atoms in total. The number of rotatable bonds is 5. The smallest absolute Gasteiger partial charge is 0.250 e. The van der Waals surface area contributed by atoms with Gasteiger partial charge in [-0.25, -0.2) is 4.98 Å². The number of nitrogens with one attached hydrogen (secondary N) is 1. The number of hydrogen-bond donors (Lipinski definition) is 1. The number of hydrogen-bond acceptors (Lipinski definition) is 4. The lowest BCUT2D eigenvalue weighted by molar-refractivity contribution is -0.111. The van der Waals surface area contributed by atoms with Crippen LogP contribution in [0.15, 0.2) is 35.7 Å². The van der Waals surface area contributed by atoms with Crippen LogP contribution in [0.2, 0.25) is 0 Å². The standard InChI is InChI=1S/C15H16N2O2S/c1-3-19-13-7-4-12(5-8-13)6-9-14(18)17-15-16-11(2)10-20-15/h4-10H,3H2,1-2H3,(H,16,17,18)/b9-6+. The van der Waals surface area contributed by atoms with Gasteiger partial charge in [-0.3, -0.25) is 10.1 Å². The molecule has 5 heteroatoms. The molecule has 1 heterocycles. The average molecular weight is 288 g/mol. The summed E-state index contributed by atoms with van der Waals surface area (Å²) in [6.45, 7) is 4.48. The average Bonchev–Trinajstić information content (AvgIpc) is 2.84. The van der Waals surface area contributed by atoms with Crippen LogP contribution in [0.1, 0.15) is 18.2 Å². The fourth-order valence-corrected chi connectivity index (χ4v) is 2.26. The number of aryl methyl sites for hydroxylation is 1. The topological polar surface area (TPSA) is 51.2 Å². The maximum absolute atomic E-state index is 11.7. The van der Waals surface area contributed by atoms with Crippen molar-refractivity contribution in [1.29, 1.82) is 0 Å². The Morgan fingerprint density at radius 1 is 1.40 bits per heavy atom. The molecule has 0 aliphatic rings. The second-order valence-electron chi connectivity index (χ2n) is 4.12. The summed E-state index contributed by atoms with van der Waals surface area (Å²) in [4.78, 5) is 15.9. The molecule has 104 valence electrons. The van der Waals surface area contributed by atoms with Crippen LogP contribution in [-0.4, -0.2) is 17.5 Å². The largest absolute Gasteiger partial charge is 0.494 e. The van der Waals surface area contributed by atoms with Crippen molar-refractivity contribution in [2.24, 2.45) is 0 Å². The van der Waals surface area contributed by atoms with Crippen LogP contribution in [-0.2, 0) is 4.79 Å². The summed E-state index contributed by atoms with van der Waals surface area (Å²) in [7, 11) is 0. The third-order valence-electron chi connectivity index (χ3n) is 2.47. The minimum Gasteiger partial charge on any atom is -0.494 e. The van der Waals surface area contributed by atoms with E-state index in [0.29, 0.717) is 11.7 Å². The van der Waals surface area contributed by atoms with E-state index in [-0.39, 0.29) is 5.91 Å². The number of ether oxygens (including phenoxy) is 1. The number of nitrogens with zero attached hydrogens (tertiary/aromatic N) is 1. The molecule has 0 unspecified atom stereocenters. The molecule has 0 fully saturated rings. The summed E-state index contributed by atoms with van der Waals surface area (Å²) < 4.78 is 5.36. The zero-order valence-electron chi connectivity index (χ0n) is 11.4. The Balaban J connectivity index is 1.93. The molecule has 1 N–H and O–H groups in total. The maximum Gasteiger partial charge on any atom is 0.250 e. The van der Waals surface area contributed by atoms with Crippen LogP contribution in [0.4, 0.5) is 5.13 Å². The summed E-state index contributed by atoms with van der Waals surface area (Å²) in [6.07, 6.45) is 3.25. The SMILES string of the molecule is CCOc1ccc(/C=C/C(=O)Nc2nc(C)cs2)cc1. The van der Waals surface area contributed by atoms with Gasteiger partial charge in [0.1, 0.15) is 5.75 Å². The number of anilines is 1. The number of aromatic nitrogens is 1. The van der Waals surface area contributed by atoms with E-state index in [0.717, 1.165) is 17.0 Å². The first-order valence-corrected chi connectivity index (χ1v) is 7.19. The van der Waals surface area contributed by atoms with E-state index in [1.165, 1.54) is 17.4 Å². The first-order chi connectivity index (χ1) is 9.67. The monoisotopic (exact) mass is 288 g/mol. The van der Waals surface area contributed by atoms with Crippen molar-refractivity contribution in [3.63, 3.8) is 0 Å². The van der Waals surface area contributed by atoms with Gasteiger partial charge < -0.3 is 4.74 Å². The Bertz CT molecular complexity index is 603. The van der Waals surface area contributed by atoms with Crippen LogP contribution in [0.3, 0.4) is 0 Å². The molecule has 20 heavy (non-hydrogen) atoms. The van der Waals surface area contributed by atoms with E-state index in [1.807, 2.05) is 43.5 Å². The molecule has 0 saturated carbocycles. The van der Waals surface area contributed by atoms with Crippen LogP contribution >= 0.6 is 11.3 Å². The number of amides is 1. The molecule has 0 radical (unpaired) electrons. The summed E-state index contributed by atoms with van der Waals surface area (Å²) in [6, 6.07) is 7.57. The van der Waals surface area contributed by atoms with Gasteiger partial charge >= 0.3 is 0 Å². The molecule has 1 amide bonds. The molecule has 1 aromatic heterocycles. The molecule has 0 bridgehead atoms. The molecule has 0 atom stereocenters. The second-order valence-corrected chi connectivity index (χ2v) is 4.98. The highest BCUT2D eigenvalue weighted by molar-refractivity contribution is 7.13. The molecule has 0 aliphatic carbocycles. The summed E-state index contributed by atoms with van der Waals surface area (Å²) in [5.74, 6) is 0.639. The zero-order chi connectivity index (χ0) is 14.4. The fraction of sp³-hybridized carbons (Fsp3) is 0.200. The van der Waals surface area contributed by atoms with Gasteiger partial charge in [-0.2, -0.15) is 0 Å². The number of carbonyl (C=O) groups excluding carboxylic acids is 1. The Morgan fingerprint density at radius 2 is 2.15 bits per heavy atom. The quantitative estimate of drug-likeness (QED) is 0.857. The van der Waals surface area contributed by atoms with Crippen LogP contribution in [0.5, 0.6) is 5.75 Å². The van der Waals surface area contributed by atoms with Crippen molar-refractivity contribution in [2.45, 2.75) is 13.8 Å². The lowest BCUT2D eigenvalue weighted by Crippen LogP contribution is -2.07. The molecule has 1 aromatic carbocycles. The third kappa shape index (κ3) is 4.20. The highest BCUT2D eigenvalue weighted by atomic mass is 32.1. The molecule has 0 saturated heterocycles. The fourth-order valence-electron chi connectivity index (χ4n) is 1.57. The first kappa shape index (κ1) is 14.3. The van der Waals surface area contributed by atoms with E-state index >= 15 is 0 Å². The predicted molar refractivity (Wildman–Crippen MR) is 82.1 cm³/mol. The highest BCUT2D eigenvalue weighted by Crippen LogP contribution is 2.15. The van der Waals surface area contributed by atoms with Crippen molar-refractivity contribution in [1.82, 2.24) is 4.98 Å². The Morgan fingerprint density at radius 3 is 2.75 bits per heavy atom. The van der Waals surface area contributed by atoms with E-state index in [4.69, 9.17) is 4.74 Å². The van der Waals surface area contributed by atoms with Gasteiger partial charge in [0, 0.05) is 11.5 Å². The van der Waals surface area contributed by atoms with Gasteiger partial charge in [0.2, 0.25) is 5.91 Å². The Kier molecular flexibility index (Phi) is 4.90. The van der Waals surface area contributed by atoms with Gasteiger partial charge in [-0.05, 0) is 37.6 Å². The van der Waals surface area contributed by atoms with Crippen LogP contribution in [0.25, 0.3) is 6.08 Å². The van der Waals surface area contributed by atoms with Crippen molar-refractivity contribution >= 4 is 28.5 Å². The van der Waals surface area contributed by atoms with Crippen LogP contribution in [0, 0.1) is 6.92 Å². The van der Waals surface area contributed by atoms with Gasteiger partial charge in [-0.1, -0.05) is 12.1 Å². The van der Waals surface area contributed by atoms with Gasteiger partial charge in [0.05, 0.1) is 12.3 Å². The van der Waals surface area contributed by atoms with Gasteiger partial charge in [0.25, 0.3) is 0 Å². The molecule has 2 rings (SSSR count). The Hall–Kier alpha value is -2.14. The third-order valence-corrected chi connectivity index (χ3v) is 3.34. The van der Waals surface area contributed by atoms with E-state index in [2.05, 4.69) is 10.3 Å². The molecule has 2 aromatic rings.